The van der Waals surface area contributed by atoms with E-state index in [9.17, 15) is 22.8 Å². The summed E-state index contributed by atoms with van der Waals surface area (Å²) in [6.45, 7) is 5.62. The van der Waals surface area contributed by atoms with Crippen LogP contribution in [0.2, 0.25) is 5.02 Å². The average Bonchev–Trinajstić information content (AvgIpc) is 3.51. The van der Waals surface area contributed by atoms with E-state index in [-0.39, 0.29) is 23.3 Å². The number of halogens is 4. The maximum Gasteiger partial charge on any atom is 0.573 e. The molecule has 6 rings (SSSR count). The van der Waals surface area contributed by atoms with Crippen LogP contribution in [0.3, 0.4) is 0 Å². The van der Waals surface area contributed by atoms with Gasteiger partial charge in [-0.15, -0.1) is 13.2 Å². The van der Waals surface area contributed by atoms with Crippen molar-refractivity contribution in [2.45, 2.75) is 38.7 Å². The Bertz CT molecular complexity index is 1780. The number of carbonyl (C=O) groups is 2. The van der Waals surface area contributed by atoms with E-state index in [2.05, 4.69) is 10.1 Å². The number of hydrogen-bond acceptors (Lipinski definition) is 5. The van der Waals surface area contributed by atoms with Crippen LogP contribution in [-0.4, -0.2) is 34.8 Å². The Hall–Kier alpha value is -4.51. The second-order valence-electron chi connectivity index (χ2n) is 10.3. The topological polar surface area (TPSA) is 85.7 Å². The van der Waals surface area contributed by atoms with Gasteiger partial charge in [0.05, 0.1) is 18.4 Å². The van der Waals surface area contributed by atoms with Crippen molar-refractivity contribution in [1.82, 2.24) is 9.55 Å². The summed E-state index contributed by atoms with van der Waals surface area (Å²) in [5.41, 5.74) is 1.44. The van der Waals surface area contributed by atoms with Crippen molar-refractivity contribution in [2.75, 3.05) is 17.3 Å². The Morgan fingerprint density at radius 2 is 1.81 bits per heavy atom. The summed E-state index contributed by atoms with van der Waals surface area (Å²) in [5.74, 6) is -1.17. The second-order valence-corrected chi connectivity index (χ2v) is 10.8. The summed E-state index contributed by atoms with van der Waals surface area (Å²) in [7, 11) is 1.31. The lowest BCUT2D eigenvalue weighted by atomic mass is 9.86. The van der Waals surface area contributed by atoms with E-state index in [0.29, 0.717) is 33.2 Å². The fourth-order valence-corrected chi connectivity index (χ4v) is 6.02. The van der Waals surface area contributed by atoms with Gasteiger partial charge in [-0.2, -0.15) is 0 Å². The van der Waals surface area contributed by atoms with Crippen LogP contribution in [0.5, 0.6) is 11.5 Å². The van der Waals surface area contributed by atoms with Crippen LogP contribution >= 0.6 is 11.6 Å². The predicted octanol–water partition coefficient (Wildman–Crippen LogP) is 6.86. The largest absolute Gasteiger partial charge is 0.573 e. The Labute approximate surface area is 243 Å². The Balaban J connectivity index is 1.65. The summed E-state index contributed by atoms with van der Waals surface area (Å²) < 4.78 is 50.0. The Morgan fingerprint density at radius 1 is 1.05 bits per heavy atom. The third kappa shape index (κ3) is 4.02. The number of nitrogens with zero attached hydrogens (tertiary/aromatic N) is 3. The molecule has 1 aromatic heterocycles. The first kappa shape index (κ1) is 27.6. The number of aromatic nitrogens is 2. The molecule has 8 nitrogen and oxygen atoms in total. The van der Waals surface area contributed by atoms with E-state index >= 15 is 0 Å². The van der Waals surface area contributed by atoms with Crippen molar-refractivity contribution in [3.05, 3.63) is 88.2 Å². The van der Waals surface area contributed by atoms with Gasteiger partial charge in [-0.3, -0.25) is 14.5 Å². The maximum atomic E-state index is 14.3. The van der Waals surface area contributed by atoms with E-state index in [1.165, 1.54) is 18.1 Å². The number of rotatable bonds is 5. The van der Waals surface area contributed by atoms with Crippen LogP contribution in [0.1, 0.15) is 47.2 Å². The lowest BCUT2D eigenvalue weighted by Crippen LogP contribution is -2.51. The summed E-state index contributed by atoms with van der Waals surface area (Å²) in [6, 6.07) is 15.4. The third-order valence-electron chi connectivity index (χ3n) is 7.37. The number of fused-ring (bicyclic) bond motifs is 4. The van der Waals surface area contributed by atoms with Crippen molar-refractivity contribution in [3.8, 4) is 22.9 Å². The molecule has 0 saturated heterocycles. The summed E-state index contributed by atoms with van der Waals surface area (Å²) in [5, 5.41) is 3.33. The second kappa shape index (κ2) is 9.52. The minimum atomic E-state index is -4.89. The van der Waals surface area contributed by atoms with Crippen LogP contribution in [0, 0.1) is 6.92 Å². The van der Waals surface area contributed by atoms with Crippen molar-refractivity contribution < 1.29 is 32.2 Å². The first-order chi connectivity index (χ1) is 19.9. The van der Waals surface area contributed by atoms with Gasteiger partial charge in [-0.05, 0) is 62.7 Å². The molecule has 1 unspecified atom stereocenters. The molecule has 1 atom stereocenters. The molecule has 1 N–H and O–H groups in total. The molecular formula is C30H24ClF3N4O4. The standard InChI is InChI=1S/C30H24ClF3N4O4/c1-15(2)37-25-24(36-26(37)20-10-9-19(14-23(20)41-4)42-30(32,33)34)27(39)38(18-7-5-6-17(31)13-18)29(25)21-11-8-16(3)12-22(21)35-28(29)40/h5-15H,1-4H3,(H,35,40). The molecule has 3 aromatic carbocycles. The highest BCUT2D eigenvalue weighted by Crippen LogP contribution is 2.54. The number of alkyl halides is 3. The summed E-state index contributed by atoms with van der Waals surface area (Å²) >= 11 is 6.33. The SMILES string of the molecule is COc1cc(OC(F)(F)F)ccc1-c1nc2c(n1C(C)C)C1(C(=O)Nc3cc(C)ccc31)N(c1cccc(Cl)c1)C2=O. The molecule has 42 heavy (non-hydrogen) atoms. The number of carbonyl (C=O) groups excluding carboxylic acids is 2. The quantitative estimate of drug-likeness (QED) is 0.272. The van der Waals surface area contributed by atoms with Gasteiger partial charge in [0, 0.05) is 34.1 Å². The van der Waals surface area contributed by atoms with Crippen LogP contribution in [0.4, 0.5) is 24.5 Å². The number of aryl methyl sites for hydroxylation is 1. The molecule has 1 spiro atoms. The van der Waals surface area contributed by atoms with Crippen molar-refractivity contribution in [1.29, 1.82) is 0 Å². The van der Waals surface area contributed by atoms with E-state index in [1.54, 1.807) is 28.8 Å². The number of anilines is 2. The third-order valence-corrected chi connectivity index (χ3v) is 7.60. The van der Waals surface area contributed by atoms with Crippen molar-refractivity contribution in [2.24, 2.45) is 0 Å². The van der Waals surface area contributed by atoms with Gasteiger partial charge in [0.15, 0.2) is 11.2 Å². The highest BCUT2D eigenvalue weighted by atomic mass is 35.5. The number of methoxy groups -OCH3 is 1. The van der Waals surface area contributed by atoms with E-state index in [4.69, 9.17) is 21.3 Å². The van der Waals surface area contributed by atoms with E-state index in [1.807, 2.05) is 39.0 Å². The lowest BCUT2D eigenvalue weighted by Gasteiger charge is -2.35. The normalized spacial score (nSPS) is 17.6. The first-order valence-electron chi connectivity index (χ1n) is 13.0. The maximum absolute atomic E-state index is 14.3. The first-order valence-corrected chi connectivity index (χ1v) is 13.3. The zero-order valence-corrected chi connectivity index (χ0v) is 23.6. The Morgan fingerprint density at radius 3 is 2.48 bits per heavy atom. The smallest absolute Gasteiger partial charge is 0.496 e. The van der Waals surface area contributed by atoms with Crippen LogP contribution in [0.15, 0.2) is 60.7 Å². The number of benzene rings is 3. The van der Waals surface area contributed by atoms with Crippen molar-refractivity contribution in [3.63, 3.8) is 0 Å². The zero-order valence-electron chi connectivity index (χ0n) is 22.8. The number of amides is 2. The average molecular weight is 597 g/mol. The van der Waals surface area contributed by atoms with Crippen LogP contribution in [0.25, 0.3) is 11.4 Å². The molecule has 0 radical (unpaired) electrons. The number of ether oxygens (including phenoxy) is 2. The molecule has 2 amide bonds. The monoisotopic (exact) mass is 596 g/mol. The van der Waals surface area contributed by atoms with Gasteiger partial charge in [-0.25, -0.2) is 4.98 Å². The molecule has 4 aromatic rings. The van der Waals surface area contributed by atoms with Gasteiger partial charge in [-0.1, -0.05) is 29.8 Å². The zero-order chi connectivity index (χ0) is 30.1. The molecular weight excluding hydrogens is 573 g/mol. The molecule has 12 heteroatoms. The highest BCUT2D eigenvalue weighted by Gasteiger charge is 2.64. The van der Waals surface area contributed by atoms with Gasteiger partial charge in [0.1, 0.15) is 17.3 Å². The molecule has 2 aliphatic heterocycles. The lowest BCUT2D eigenvalue weighted by molar-refractivity contribution is -0.274. The van der Waals surface area contributed by atoms with Crippen molar-refractivity contribution >= 4 is 34.8 Å². The fourth-order valence-electron chi connectivity index (χ4n) is 5.83. The van der Waals surface area contributed by atoms with E-state index < -0.39 is 29.5 Å². The minimum Gasteiger partial charge on any atom is -0.496 e. The summed E-state index contributed by atoms with van der Waals surface area (Å²) in [6.07, 6.45) is -4.89. The molecule has 2 aliphatic rings. The van der Waals surface area contributed by atoms with E-state index in [0.717, 1.165) is 17.7 Å². The summed E-state index contributed by atoms with van der Waals surface area (Å²) in [4.78, 5) is 34.7. The highest BCUT2D eigenvalue weighted by molar-refractivity contribution is 6.31. The molecule has 0 bridgehead atoms. The van der Waals surface area contributed by atoms with Gasteiger partial charge in [0.2, 0.25) is 0 Å². The molecule has 0 saturated carbocycles. The molecule has 0 fully saturated rings. The van der Waals surface area contributed by atoms with Gasteiger partial charge in [0.25, 0.3) is 11.8 Å². The number of imidazole rings is 1. The molecule has 216 valence electrons. The Kier molecular flexibility index (Phi) is 6.27. The van der Waals surface area contributed by atoms with Gasteiger partial charge >= 0.3 is 6.36 Å². The molecule has 3 heterocycles. The molecule has 0 aliphatic carbocycles. The number of nitrogens with one attached hydrogen (secondary N) is 1. The van der Waals surface area contributed by atoms with Crippen LogP contribution < -0.4 is 19.7 Å². The van der Waals surface area contributed by atoms with Gasteiger partial charge < -0.3 is 19.4 Å². The number of hydrogen-bond donors (Lipinski definition) is 1. The predicted molar refractivity (Wildman–Crippen MR) is 150 cm³/mol. The fraction of sp³-hybridized carbons (Fsp3) is 0.233. The van der Waals surface area contributed by atoms with Crippen LogP contribution in [-0.2, 0) is 10.3 Å². The minimum absolute atomic E-state index is 0.0277.